The van der Waals surface area contributed by atoms with Crippen LogP contribution in [0.3, 0.4) is 0 Å². The first-order chi connectivity index (χ1) is 13.0. The highest BCUT2D eigenvalue weighted by atomic mass is 32.2. The molecule has 2 aromatic carbocycles. The molecule has 0 saturated heterocycles. The summed E-state index contributed by atoms with van der Waals surface area (Å²) in [5.74, 6) is -0.253. The van der Waals surface area contributed by atoms with Gasteiger partial charge in [-0.3, -0.25) is 9.52 Å². The lowest BCUT2D eigenvalue weighted by Gasteiger charge is -2.20. The summed E-state index contributed by atoms with van der Waals surface area (Å²) in [7, 11) is -3.51. The molecule has 3 rings (SSSR count). The minimum Gasteiger partial charge on any atom is -0.322 e. The van der Waals surface area contributed by atoms with Crippen LogP contribution in [-0.2, 0) is 10.0 Å². The van der Waals surface area contributed by atoms with Gasteiger partial charge in [-0.05, 0) is 76.1 Å². The molecule has 28 heavy (non-hydrogen) atoms. The van der Waals surface area contributed by atoms with Gasteiger partial charge in [0.05, 0.1) is 20.5 Å². The Morgan fingerprint density at radius 1 is 1.11 bits per heavy atom. The zero-order valence-electron chi connectivity index (χ0n) is 16.5. The Labute approximate surface area is 169 Å². The summed E-state index contributed by atoms with van der Waals surface area (Å²) in [5.41, 5.74) is 6.35. The maximum atomic E-state index is 12.6. The summed E-state index contributed by atoms with van der Waals surface area (Å²) in [4.78, 5) is 17.0. The molecule has 148 valence electrons. The van der Waals surface area contributed by atoms with Crippen molar-refractivity contribution in [3.05, 3.63) is 52.5 Å². The molecule has 0 unspecified atom stereocenters. The number of thiazole rings is 1. The van der Waals surface area contributed by atoms with Gasteiger partial charge in [-0.2, -0.15) is 0 Å². The lowest BCUT2D eigenvalue weighted by molar-refractivity contribution is 0.102. The summed E-state index contributed by atoms with van der Waals surface area (Å²) in [6, 6.07) is 8.29. The molecular formula is C20H23N3O3S2. The van der Waals surface area contributed by atoms with Crippen LogP contribution in [-0.4, -0.2) is 24.1 Å². The molecule has 8 heteroatoms. The van der Waals surface area contributed by atoms with Gasteiger partial charge in [0.2, 0.25) is 10.0 Å². The van der Waals surface area contributed by atoms with Crippen molar-refractivity contribution >= 4 is 48.9 Å². The minimum absolute atomic E-state index is 0.253. The number of sulfonamides is 1. The van der Waals surface area contributed by atoms with Crippen LogP contribution < -0.4 is 10.0 Å². The second kappa shape index (κ2) is 7.18. The lowest BCUT2D eigenvalue weighted by Crippen LogP contribution is -2.33. The Morgan fingerprint density at radius 3 is 2.36 bits per heavy atom. The fraction of sp³-hybridized carbons (Fsp3) is 0.300. The normalized spacial score (nSPS) is 12.2. The van der Waals surface area contributed by atoms with Crippen LogP contribution in [0.4, 0.5) is 11.4 Å². The standard InChI is InChI=1S/C20H23N3O3S2/c1-12-10-16(13(2)18-17(12)21-11-27-18)22-19(24)14-6-8-15(9-7-14)23-28(25,26)20(3,4)5/h6-11,23H,1-5H3,(H,22,24). The van der Waals surface area contributed by atoms with Gasteiger partial charge in [0.25, 0.3) is 5.91 Å². The van der Waals surface area contributed by atoms with Gasteiger partial charge in [-0.1, -0.05) is 0 Å². The van der Waals surface area contributed by atoms with E-state index in [1.807, 2.05) is 19.9 Å². The number of nitrogens with zero attached hydrogens (tertiary/aromatic N) is 1. The molecule has 0 saturated carbocycles. The molecule has 0 spiro atoms. The van der Waals surface area contributed by atoms with Crippen molar-refractivity contribution in [2.45, 2.75) is 39.4 Å². The fourth-order valence-corrected chi connectivity index (χ4v) is 4.26. The van der Waals surface area contributed by atoms with Crippen LogP contribution in [0.25, 0.3) is 10.2 Å². The average Bonchev–Trinajstić information content (AvgIpc) is 3.09. The Morgan fingerprint density at radius 2 is 1.75 bits per heavy atom. The van der Waals surface area contributed by atoms with Crippen molar-refractivity contribution < 1.29 is 13.2 Å². The molecule has 6 nitrogen and oxygen atoms in total. The van der Waals surface area contributed by atoms with Crippen molar-refractivity contribution in [3.63, 3.8) is 0 Å². The van der Waals surface area contributed by atoms with E-state index in [0.717, 1.165) is 27.0 Å². The highest BCUT2D eigenvalue weighted by molar-refractivity contribution is 7.94. The number of anilines is 2. The van der Waals surface area contributed by atoms with Crippen LogP contribution in [0.1, 0.15) is 42.3 Å². The largest absolute Gasteiger partial charge is 0.322 e. The highest BCUT2D eigenvalue weighted by Crippen LogP contribution is 2.31. The van der Waals surface area contributed by atoms with E-state index in [1.54, 1.807) is 61.9 Å². The van der Waals surface area contributed by atoms with Gasteiger partial charge in [0.1, 0.15) is 0 Å². The van der Waals surface area contributed by atoms with Crippen molar-refractivity contribution in [1.29, 1.82) is 0 Å². The third kappa shape index (κ3) is 3.88. The second-order valence-corrected chi connectivity index (χ2v) is 10.9. The molecule has 0 atom stereocenters. The van der Waals surface area contributed by atoms with Crippen LogP contribution in [0.5, 0.6) is 0 Å². The first-order valence-electron chi connectivity index (χ1n) is 8.77. The quantitative estimate of drug-likeness (QED) is 0.644. The number of carbonyl (C=O) groups excluding carboxylic acids is 1. The highest BCUT2D eigenvalue weighted by Gasteiger charge is 2.28. The molecule has 0 aliphatic carbocycles. The summed E-state index contributed by atoms with van der Waals surface area (Å²) in [6.07, 6.45) is 0. The number of benzene rings is 2. The molecule has 0 aliphatic rings. The van der Waals surface area contributed by atoms with E-state index in [1.165, 1.54) is 0 Å². The van der Waals surface area contributed by atoms with Gasteiger partial charge in [-0.25, -0.2) is 13.4 Å². The monoisotopic (exact) mass is 417 g/mol. The van der Waals surface area contributed by atoms with E-state index < -0.39 is 14.8 Å². The predicted octanol–water partition coefficient (Wildman–Crippen LogP) is 4.71. The van der Waals surface area contributed by atoms with Gasteiger partial charge < -0.3 is 5.32 Å². The van der Waals surface area contributed by atoms with Crippen molar-refractivity contribution in [2.75, 3.05) is 10.0 Å². The fourth-order valence-electron chi connectivity index (χ4n) is 2.63. The third-order valence-electron chi connectivity index (χ3n) is 4.50. The number of aromatic nitrogens is 1. The summed E-state index contributed by atoms with van der Waals surface area (Å²) >= 11 is 1.55. The Bertz CT molecular complexity index is 1140. The van der Waals surface area contributed by atoms with Crippen molar-refractivity contribution in [1.82, 2.24) is 4.98 Å². The first-order valence-corrected chi connectivity index (χ1v) is 11.1. The summed E-state index contributed by atoms with van der Waals surface area (Å²) in [6.45, 7) is 8.80. The van der Waals surface area contributed by atoms with Crippen LogP contribution >= 0.6 is 11.3 Å². The molecule has 1 heterocycles. The number of hydrogen-bond acceptors (Lipinski definition) is 5. The Hall–Kier alpha value is -2.45. The Balaban J connectivity index is 1.80. The van der Waals surface area contributed by atoms with E-state index in [4.69, 9.17) is 0 Å². The number of aryl methyl sites for hydroxylation is 2. The average molecular weight is 418 g/mol. The lowest BCUT2D eigenvalue weighted by atomic mass is 10.1. The number of fused-ring (bicyclic) bond motifs is 1. The minimum atomic E-state index is -3.51. The van der Waals surface area contributed by atoms with Crippen LogP contribution in [0.15, 0.2) is 35.8 Å². The molecular weight excluding hydrogens is 394 g/mol. The molecule has 0 radical (unpaired) electrons. The van der Waals surface area contributed by atoms with Crippen LogP contribution in [0, 0.1) is 13.8 Å². The molecule has 1 amide bonds. The number of nitrogens with one attached hydrogen (secondary N) is 2. The molecule has 0 bridgehead atoms. The second-order valence-electron chi connectivity index (χ2n) is 7.65. The van der Waals surface area contributed by atoms with Gasteiger partial charge in [0, 0.05) is 16.9 Å². The van der Waals surface area contributed by atoms with E-state index in [9.17, 15) is 13.2 Å². The maximum absolute atomic E-state index is 12.6. The van der Waals surface area contributed by atoms with E-state index in [-0.39, 0.29) is 5.91 Å². The van der Waals surface area contributed by atoms with E-state index >= 15 is 0 Å². The number of rotatable bonds is 4. The molecule has 1 aromatic heterocycles. The molecule has 0 fully saturated rings. The van der Waals surface area contributed by atoms with Crippen molar-refractivity contribution in [3.8, 4) is 0 Å². The molecule has 2 N–H and O–H groups in total. The predicted molar refractivity (Wildman–Crippen MR) is 116 cm³/mol. The third-order valence-corrected chi connectivity index (χ3v) is 7.56. The number of hydrogen-bond donors (Lipinski definition) is 2. The van der Waals surface area contributed by atoms with Crippen LogP contribution in [0.2, 0.25) is 0 Å². The maximum Gasteiger partial charge on any atom is 0.255 e. The number of amides is 1. The first kappa shape index (κ1) is 20.3. The zero-order chi connectivity index (χ0) is 20.7. The van der Waals surface area contributed by atoms with Gasteiger partial charge >= 0.3 is 0 Å². The Kier molecular flexibility index (Phi) is 5.20. The molecule has 3 aromatic rings. The van der Waals surface area contributed by atoms with Gasteiger partial charge in [-0.15, -0.1) is 11.3 Å². The van der Waals surface area contributed by atoms with E-state index in [0.29, 0.717) is 11.3 Å². The SMILES string of the molecule is Cc1cc(NC(=O)c2ccc(NS(=O)(=O)C(C)(C)C)cc2)c(C)c2scnc12. The van der Waals surface area contributed by atoms with E-state index in [2.05, 4.69) is 15.0 Å². The van der Waals surface area contributed by atoms with Crippen molar-refractivity contribution in [2.24, 2.45) is 0 Å². The van der Waals surface area contributed by atoms with Gasteiger partial charge in [0.15, 0.2) is 0 Å². The zero-order valence-corrected chi connectivity index (χ0v) is 18.1. The topological polar surface area (TPSA) is 88.2 Å². The molecule has 0 aliphatic heterocycles. The smallest absolute Gasteiger partial charge is 0.255 e. The summed E-state index contributed by atoms with van der Waals surface area (Å²) in [5, 5.41) is 2.94. The number of carbonyl (C=O) groups is 1. The summed E-state index contributed by atoms with van der Waals surface area (Å²) < 4.78 is 27.2.